The van der Waals surface area contributed by atoms with Crippen LogP contribution in [0.15, 0.2) is 47.5 Å². The number of amides is 1. The molecular formula is C18H19ClN4O3. The number of nitrogens with zero attached hydrogens (tertiary/aromatic N) is 2. The van der Waals surface area contributed by atoms with Crippen LogP contribution in [0, 0.1) is 0 Å². The minimum Gasteiger partial charge on any atom is -0.493 e. The Morgan fingerprint density at radius 2 is 1.92 bits per heavy atom. The number of carbonyl (C=O) groups excluding carboxylic acids is 1. The van der Waals surface area contributed by atoms with E-state index in [9.17, 15) is 9.90 Å². The SMILES string of the molecule is O=C(/N=C(\Nc1cccc(O)n1)NC1CCOCC1)c1ccc(Cl)cc1. The molecule has 1 amide bonds. The summed E-state index contributed by atoms with van der Waals surface area (Å²) in [6, 6.07) is 11.4. The number of rotatable bonds is 3. The van der Waals surface area contributed by atoms with Gasteiger partial charge in [-0.2, -0.15) is 9.98 Å². The van der Waals surface area contributed by atoms with Gasteiger partial charge in [0.25, 0.3) is 5.91 Å². The first-order valence-corrected chi connectivity index (χ1v) is 8.64. The summed E-state index contributed by atoms with van der Waals surface area (Å²) < 4.78 is 5.35. The van der Waals surface area contributed by atoms with Gasteiger partial charge in [-0.05, 0) is 43.2 Å². The van der Waals surface area contributed by atoms with Gasteiger partial charge >= 0.3 is 0 Å². The zero-order valence-corrected chi connectivity index (χ0v) is 14.7. The summed E-state index contributed by atoms with van der Waals surface area (Å²) in [6.07, 6.45) is 1.62. The number of guanidine groups is 1. The molecule has 3 N–H and O–H groups in total. The summed E-state index contributed by atoms with van der Waals surface area (Å²) in [6.45, 7) is 1.31. The van der Waals surface area contributed by atoms with Crippen LogP contribution in [0.3, 0.4) is 0 Å². The lowest BCUT2D eigenvalue weighted by Crippen LogP contribution is -2.42. The van der Waals surface area contributed by atoms with Crippen LogP contribution >= 0.6 is 11.6 Å². The second-order valence-electron chi connectivity index (χ2n) is 5.81. The van der Waals surface area contributed by atoms with E-state index in [-0.39, 0.29) is 17.9 Å². The van der Waals surface area contributed by atoms with Gasteiger partial charge in [-0.1, -0.05) is 17.7 Å². The zero-order valence-electron chi connectivity index (χ0n) is 14.0. The van der Waals surface area contributed by atoms with Gasteiger partial charge in [-0.25, -0.2) is 0 Å². The van der Waals surface area contributed by atoms with Crippen molar-refractivity contribution in [3.05, 3.63) is 53.1 Å². The molecule has 26 heavy (non-hydrogen) atoms. The molecule has 0 aliphatic carbocycles. The predicted octanol–water partition coefficient (Wildman–Crippen LogP) is 2.82. The average molecular weight is 375 g/mol. The number of ether oxygens (including phenoxy) is 1. The summed E-state index contributed by atoms with van der Waals surface area (Å²) in [7, 11) is 0. The van der Waals surface area contributed by atoms with Crippen LogP contribution in [0.25, 0.3) is 0 Å². The fourth-order valence-corrected chi connectivity index (χ4v) is 2.63. The van der Waals surface area contributed by atoms with Crippen molar-refractivity contribution < 1.29 is 14.6 Å². The van der Waals surface area contributed by atoms with Gasteiger partial charge in [0.05, 0.1) is 0 Å². The minimum absolute atomic E-state index is 0.121. The molecule has 0 bridgehead atoms. The largest absolute Gasteiger partial charge is 0.493 e. The predicted molar refractivity (Wildman–Crippen MR) is 99.7 cm³/mol. The Hall–Kier alpha value is -2.64. The molecule has 1 fully saturated rings. The quantitative estimate of drug-likeness (QED) is 0.564. The summed E-state index contributed by atoms with van der Waals surface area (Å²) >= 11 is 5.86. The van der Waals surface area contributed by atoms with Crippen molar-refractivity contribution in [1.82, 2.24) is 10.3 Å². The summed E-state index contributed by atoms with van der Waals surface area (Å²) in [5.74, 6) is 0.121. The van der Waals surface area contributed by atoms with Gasteiger partial charge in [-0.15, -0.1) is 0 Å². The Bertz CT molecular complexity index is 789. The van der Waals surface area contributed by atoms with E-state index < -0.39 is 5.91 Å². The van der Waals surface area contributed by atoms with Crippen molar-refractivity contribution in [3.8, 4) is 5.88 Å². The number of hydrogen-bond donors (Lipinski definition) is 3. The van der Waals surface area contributed by atoms with Crippen molar-refractivity contribution in [1.29, 1.82) is 0 Å². The molecule has 2 aromatic rings. The van der Waals surface area contributed by atoms with Gasteiger partial charge in [0, 0.05) is 35.9 Å². The maximum Gasteiger partial charge on any atom is 0.280 e. The second-order valence-corrected chi connectivity index (χ2v) is 6.25. The number of hydrogen-bond acceptors (Lipinski definition) is 4. The monoisotopic (exact) mass is 374 g/mol. The van der Waals surface area contributed by atoms with Crippen LogP contribution in [0.5, 0.6) is 5.88 Å². The summed E-state index contributed by atoms with van der Waals surface area (Å²) in [4.78, 5) is 20.6. The Morgan fingerprint density at radius 3 is 2.62 bits per heavy atom. The van der Waals surface area contributed by atoms with E-state index in [0.29, 0.717) is 29.6 Å². The molecule has 8 heteroatoms. The van der Waals surface area contributed by atoms with Crippen LogP contribution in [0.1, 0.15) is 23.2 Å². The highest BCUT2D eigenvalue weighted by Crippen LogP contribution is 2.13. The third kappa shape index (κ3) is 5.18. The molecule has 1 saturated heterocycles. The van der Waals surface area contributed by atoms with E-state index in [1.807, 2.05) is 0 Å². The Labute approximate surface area is 156 Å². The molecule has 0 saturated carbocycles. The smallest absolute Gasteiger partial charge is 0.280 e. The lowest BCUT2D eigenvalue weighted by atomic mass is 10.1. The lowest BCUT2D eigenvalue weighted by Gasteiger charge is -2.25. The molecule has 7 nitrogen and oxygen atoms in total. The highest BCUT2D eigenvalue weighted by molar-refractivity contribution is 6.30. The number of aliphatic imine (C=N–C) groups is 1. The molecule has 1 aliphatic heterocycles. The topological polar surface area (TPSA) is 95.8 Å². The van der Waals surface area contributed by atoms with E-state index in [0.717, 1.165) is 12.8 Å². The van der Waals surface area contributed by atoms with Crippen LogP contribution in [-0.2, 0) is 4.74 Å². The number of carbonyl (C=O) groups is 1. The van der Waals surface area contributed by atoms with Crippen LogP contribution < -0.4 is 10.6 Å². The molecule has 3 rings (SSSR count). The molecule has 0 spiro atoms. The highest BCUT2D eigenvalue weighted by Gasteiger charge is 2.17. The number of aromatic nitrogens is 1. The van der Waals surface area contributed by atoms with Gasteiger partial charge < -0.3 is 20.5 Å². The average Bonchev–Trinajstić information content (AvgIpc) is 2.63. The molecule has 1 aromatic heterocycles. The van der Waals surface area contributed by atoms with Gasteiger partial charge in [0.1, 0.15) is 5.82 Å². The van der Waals surface area contributed by atoms with Crippen LogP contribution in [-0.4, -0.2) is 41.2 Å². The van der Waals surface area contributed by atoms with E-state index in [2.05, 4.69) is 20.6 Å². The number of aromatic hydroxyl groups is 1. The van der Waals surface area contributed by atoms with E-state index in [4.69, 9.17) is 16.3 Å². The third-order valence-corrected chi connectivity index (χ3v) is 4.10. The summed E-state index contributed by atoms with van der Waals surface area (Å²) in [5.41, 5.74) is 0.423. The molecule has 1 aliphatic rings. The van der Waals surface area contributed by atoms with Crippen LogP contribution in [0.2, 0.25) is 5.02 Å². The maximum atomic E-state index is 12.5. The van der Waals surface area contributed by atoms with Crippen molar-refractivity contribution in [2.75, 3.05) is 18.5 Å². The summed E-state index contributed by atoms with van der Waals surface area (Å²) in [5, 5.41) is 16.3. The van der Waals surface area contributed by atoms with Gasteiger partial charge in [0.2, 0.25) is 11.8 Å². The Kier molecular flexibility index (Phi) is 6.04. The number of benzene rings is 1. The normalized spacial score (nSPS) is 15.5. The number of nitrogens with one attached hydrogen (secondary N) is 2. The Balaban J connectivity index is 1.80. The van der Waals surface area contributed by atoms with Crippen LogP contribution in [0.4, 0.5) is 5.82 Å². The second kappa shape index (κ2) is 8.64. The number of pyridine rings is 1. The first-order valence-electron chi connectivity index (χ1n) is 8.26. The third-order valence-electron chi connectivity index (χ3n) is 3.85. The fraction of sp³-hybridized carbons (Fsp3) is 0.278. The minimum atomic E-state index is -0.413. The lowest BCUT2D eigenvalue weighted by molar-refractivity contribution is 0.0824. The highest BCUT2D eigenvalue weighted by atomic mass is 35.5. The number of anilines is 1. The first kappa shape index (κ1) is 18.2. The first-order chi connectivity index (χ1) is 12.6. The van der Waals surface area contributed by atoms with Crippen molar-refractivity contribution in [2.45, 2.75) is 18.9 Å². The molecule has 136 valence electrons. The number of halogens is 1. The maximum absolute atomic E-state index is 12.5. The molecule has 0 radical (unpaired) electrons. The van der Waals surface area contributed by atoms with Gasteiger partial charge in [0.15, 0.2) is 0 Å². The van der Waals surface area contributed by atoms with E-state index >= 15 is 0 Å². The standard InChI is InChI=1S/C18H19ClN4O3/c19-13-6-4-12(5-7-13)17(25)23-18(20-14-8-10-26-11-9-14)22-15-2-1-3-16(24)21-15/h1-7,14H,8-11H2,(H3,20,21,22,23,24,25). The molecule has 2 heterocycles. The van der Waals surface area contributed by atoms with Crippen molar-refractivity contribution in [2.24, 2.45) is 4.99 Å². The molecule has 0 atom stereocenters. The van der Waals surface area contributed by atoms with E-state index in [1.165, 1.54) is 6.07 Å². The zero-order chi connectivity index (χ0) is 18.4. The fourth-order valence-electron chi connectivity index (χ4n) is 2.50. The Morgan fingerprint density at radius 1 is 1.19 bits per heavy atom. The van der Waals surface area contributed by atoms with Crippen molar-refractivity contribution in [3.63, 3.8) is 0 Å². The molecule has 1 aromatic carbocycles. The molecule has 0 unspecified atom stereocenters. The molecular weight excluding hydrogens is 356 g/mol. The van der Waals surface area contributed by atoms with Gasteiger partial charge in [-0.3, -0.25) is 4.79 Å². The van der Waals surface area contributed by atoms with Crippen molar-refractivity contribution >= 4 is 29.3 Å². The van der Waals surface area contributed by atoms with E-state index in [1.54, 1.807) is 36.4 Å².